The van der Waals surface area contributed by atoms with Crippen LogP contribution in [0.1, 0.15) is 25.3 Å². The minimum atomic E-state index is -3.19. The summed E-state index contributed by atoms with van der Waals surface area (Å²) in [6.45, 7) is 5.91. The van der Waals surface area contributed by atoms with Crippen LogP contribution in [0.3, 0.4) is 0 Å². The summed E-state index contributed by atoms with van der Waals surface area (Å²) in [6.07, 6.45) is 6.19. The fraction of sp³-hybridized carbons (Fsp3) is 0.667. The molecule has 21 heavy (non-hydrogen) atoms. The molecule has 1 aromatic heterocycles. The van der Waals surface area contributed by atoms with Gasteiger partial charge < -0.3 is 4.90 Å². The van der Waals surface area contributed by atoms with Gasteiger partial charge in [-0.1, -0.05) is 6.92 Å². The summed E-state index contributed by atoms with van der Waals surface area (Å²) >= 11 is 0. The number of rotatable bonds is 7. The lowest BCUT2D eigenvalue weighted by Crippen LogP contribution is -2.41. The van der Waals surface area contributed by atoms with Crippen molar-refractivity contribution >= 4 is 10.0 Å². The van der Waals surface area contributed by atoms with Crippen molar-refractivity contribution in [1.29, 1.82) is 0 Å². The molecule has 2 heterocycles. The van der Waals surface area contributed by atoms with Crippen molar-refractivity contribution in [3.05, 3.63) is 30.1 Å². The molecular formula is C15H25N3O2S. The van der Waals surface area contributed by atoms with Gasteiger partial charge in [-0.25, -0.2) is 13.1 Å². The first-order valence-corrected chi connectivity index (χ1v) is 9.33. The maximum Gasteiger partial charge on any atom is 0.211 e. The molecule has 1 atom stereocenters. The highest BCUT2D eigenvalue weighted by Crippen LogP contribution is 2.15. The van der Waals surface area contributed by atoms with Crippen LogP contribution in [0.5, 0.6) is 0 Å². The number of nitrogens with one attached hydrogen (secondary N) is 1. The predicted molar refractivity (Wildman–Crippen MR) is 84.6 cm³/mol. The van der Waals surface area contributed by atoms with Crippen LogP contribution in [-0.4, -0.2) is 50.2 Å². The molecule has 0 aliphatic carbocycles. The molecular weight excluding hydrogens is 286 g/mol. The van der Waals surface area contributed by atoms with Crippen LogP contribution in [0, 0.1) is 5.92 Å². The summed E-state index contributed by atoms with van der Waals surface area (Å²) in [5, 5.41) is 0. The standard InChI is InChI=1S/C15H25N3O2S/c1-2-18-10-3-4-15(13-18)12-17-21(19,20)11-7-14-5-8-16-9-6-14/h5-6,8-9,15,17H,2-4,7,10-13H2,1H3. The number of hydrogen-bond acceptors (Lipinski definition) is 4. The largest absolute Gasteiger partial charge is 0.303 e. The summed E-state index contributed by atoms with van der Waals surface area (Å²) in [6, 6.07) is 3.71. The Kier molecular flexibility index (Phi) is 6.14. The number of sulfonamides is 1. The lowest BCUT2D eigenvalue weighted by Gasteiger charge is -2.31. The van der Waals surface area contributed by atoms with E-state index in [4.69, 9.17) is 0 Å². The summed E-state index contributed by atoms with van der Waals surface area (Å²) < 4.78 is 26.9. The molecule has 0 aromatic carbocycles. The van der Waals surface area contributed by atoms with E-state index in [0.29, 0.717) is 18.9 Å². The van der Waals surface area contributed by atoms with Crippen LogP contribution in [0.2, 0.25) is 0 Å². The van der Waals surface area contributed by atoms with E-state index in [2.05, 4.69) is 21.5 Å². The molecule has 0 amide bonds. The minimum Gasteiger partial charge on any atom is -0.303 e. The lowest BCUT2D eigenvalue weighted by molar-refractivity contribution is 0.184. The zero-order chi connectivity index (χ0) is 15.1. The van der Waals surface area contributed by atoms with Gasteiger partial charge in [-0.15, -0.1) is 0 Å². The maximum absolute atomic E-state index is 12.1. The second-order valence-electron chi connectivity index (χ2n) is 5.67. The molecule has 1 saturated heterocycles. The topological polar surface area (TPSA) is 62.3 Å². The molecule has 118 valence electrons. The van der Waals surface area contributed by atoms with Crippen molar-refractivity contribution in [3.63, 3.8) is 0 Å². The SMILES string of the molecule is CCN1CCCC(CNS(=O)(=O)CCc2ccncc2)C1. The molecule has 0 radical (unpaired) electrons. The van der Waals surface area contributed by atoms with Crippen LogP contribution in [0.15, 0.2) is 24.5 Å². The highest BCUT2D eigenvalue weighted by Gasteiger charge is 2.20. The first-order chi connectivity index (χ1) is 10.1. The third kappa shape index (κ3) is 5.73. The first-order valence-electron chi connectivity index (χ1n) is 7.67. The van der Waals surface area contributed by atoms with Gasteiger partial charge in [0.05, 0.1) is 5.75 Å². The first kappa shape index (κ1) is 16.4. The highest BCUT2D eigenvalue weighted by atomic mass is 32.2. The number of hydrogen-bond donors (Lipinski definition) is 1. The van der Waals surface area contributed by atoms with Crippen molar-refractivity contribution in [2.24, 2.45) is 5.92 Å². The van der Waals surface area contributed by atoms with Gasteiger partial charge in [0, 0.05) is 25.5 Å². The zero-order valence-electron chi connectivity index (χ0n) is 12.7. The average Bonchev–Trinajstić information content (AvgIpc) is 2.52. The summed E-state index contributed by atoms with van der Waals surface area (Å²) in [5.74, 6) is 0.579. The van der Waals surface area contributed by atoms with Crippen LogP contribution >= 0.6 is 0 Å². The van der Waals surface area contributed by atoms with Crippen molar-refractivity contribution in [1.82, 2.24) is 14.6 Å². The van der Waals surface area contributed by atoms with Crippen LogP contribution in [0.4, 0.5) is 0 Å². The van der Waals surface area contributed by atoms with E-state index in [1.54, 1.807) is 12.4 Å². The molecule has 1 unspecified atom stereocenters. The Morgan fingerprint density at radius 2 is 2.14 bits per heavy atom. The second-order valence-corrected chi connectivity index (χ2v) is 7.60. The summed E-state index contributed by atoms with van der Waals surface area (Å²) in [4.78, 5) is 6.32. The van der Waals surface area contributed by atoms with Gasteiger partial charge in [-0.05, 0) is 56.0 Å². The van der Waals surface area contributed by atoms with E-state index in [1.165, 1.54) is 0 Å². The number of piperidine rings is 1. The lowest BCUT2D eigenvalue weighted by atomic mass is 9.98. The minimum absolute atomic E-state index is 0.140. The number of aromatic nitrogens is 1. The van der Waals surface area contributed by atoms with E-state index in [1.807, 2.05) is 12.1 Å². The molecule has 1 aliphatic heterocycles. The van der Waals surface area contributed by atoms with E-state index in [0.717, 1.165) is 38.0 Å². The quantitative estimate of drug-likeness (QED) is 0.824. The van der Waals surface area contributed by atoms with Gasteiger partial charge in [0.1, 0.15) is 0 Å². The molecule has 5 nitrogen and oxygen atoms in total. The molecule has 2 rings (SSSR count). The number of likely N-dealkylation sites (tertiary alicyclic amines) is 1. The summed E-state index contributed by atoms with van der Waals surface area (Å²) in [5.41, 5.74) is 1.00. The maximum atomic E-state index is 12.1. The molecule has 1 fully saturated rings. The van der Waals surface area contributed by atoms with Gasteiger partial charge >= 0.3 is 0 Å². The van der Waals surface area contributed by atoms with Gasteiger partial charge in [0.25, 0.3) is 0 Å². The molecule has 6 heteroatoms. The zero-order valence-corrected chi connectivity index (χ0v) is 13.5. The van der Waals surface area contributed by atoms with Crippen molar-refractivity contribution in [2.75, 3.05) is 31.9 Å². The fourth-order valence-electron chi connectivity index (χ4n) is 2.72. The van der Waals surface area contributed by atoms with Crippen LogP contribution in [0.25, 0.3) is 0 Å². The van der Waals surface area contributed by atoms with Gasteiger partial charge in [-0.3, -0.25) is 4.98 Å². The molecule has 1 aliphatic rings. The van der Waals surface area contributed by atoms with E-state index < -0.39 is 10.0 Å². The predicted octanol–water partition coefficient (Wildman–Crippen LogP) is 1.28. The highest BCUT2D eigenvalue weighted by molar-refractivity contribution is 7.89. The van der Waals surface area contributed by atoms with E-state index in [9.17, 15) is 8.42 Å². The smallest absolute Gasteiger partial charge is 0.211 e. The normalized spacial score (nSPS) is 20.5. The Bertz CT molecular complexity index is 519. The summed E-state index contributed by atoms with van der Waals surface area (Å²) in [7, 11) is -3.19. The fourth-order valence-corrected chi connectivity index (χ4v) is 3.86. The van der Waals surface area contributed by atoms with Crippen LogP contribution in [-0.2, 0) is 16.4 Å². The number of nitrogens with zero attached hydrogens (tertiary/aromatic N) is 2. The Balaban J connectivity index is 1.76. The molecule has 1 aromatic rings. The van der Waals surface area contributed by atoms with E-state index in [-0.39, 0.29) is 5.75 Å². The Morgan fingerprint density at radius 1 is 1.38 bits per heavy atom. The third-order valence-corrected chi connectivity index (χ3v) is 5.40. The van der Waals surface area contributed by atoms with Gasteiger partial charge in [0.2, 0.25) is 10.0 Å². The van der Waals surface area contributed by atoms with Gasteiger partial charge in [-0.2, -0.15) is 0 Å². The average molecular weight is 311 g/mol. The molecule has 1 N–H and O–H groups in total. The molecule has 0 bridgehead atoms. The van der Waals surface area contributed by atoms with E-state index >= 15 is 0 Å². The Morgan fingerprint density at radius 3 is 2.86 bits per heavy atom. The Hall–Kier alpha value is -0.980. The van der Waals surface area contributed by atoms with Gasteiger partial charge in [0.15, 0.2) is 0 Å². The van der Waals surface area contributed by atoms with Crippen molar-refractivity contribution < 1.29 is 8.42 Å². The van der Waals surface area contributed by atoms with Crippen molar-refractivity contribution in [3.8, 4) is 0 Å². The molecule has 0 spiro atoms. The number of pyridine rings is 1. The second kappa shape index (κ2) is 7.87. The van der Waals surface area contributed by atoms with Crippen LogP contribution < -0.4 is 4.72 Å². The Labute approximate surface area is 127 Å². The number of aryl methyl sites for hydroxylation is 1. The van der Waals surface area contributed by atoms with Crippen molar-refractivity contribution in [2.45, 2.75) is 26.2 Å². The third-order valence-electron chi connectivity index (χ3n) is 4.05. The molecule has 0 saturated carbocycles. The monoisotopic (exact) mass is 311 g/mol.